The highest BCUT2D eigenvalue weighted by molar-refractivity contribution is 4.44. The zero-order valence-electron chi connectivity index (χ0n) is 4.69. The minimum atomic E-state index is 0.529. The van der Waals surface area contributed by atoms with Crippen molar-refractivity contribution in [1.29, 1.82) is 0 Å². The number of nitrogens with one attached hydrogen (secondary N) is 2. The van der Waals surface area contributed by atoms with E-state index in [-0.39, 0.29) is 0 Å². The van der Waals surface area contributed by atoms with Gasteiger partial charge >= 0.3 is 0 Å². The third kappa shape index (κ3) is 5.88. The second-order valence-corrected chi connectivity index (χ2v) is 1.88. The fraction of sp³-hybridized carbons (Fsp3) is 1.00. The Hall–Kier alpha value is -0.120. The molecule has 0 unspecified atom stereocenters. The lowest BCUT2D eigenvalue weighted by molar-refractivity contribution is 0.520. The number of hydrogen-bond donors (Lipinski definition) is 2. The highest BCUT2D eigenvalue weighted by Crippen LogP contribution is 1.83. The first-order valence-electron chi connectivity index (χ1n) is 2.37. The van der Waals surface area contributed by atoms with Crippen LogP contribution in [-0.4, -0.2) is 6.54 Å². The number of hydrazine groups is 1. The van der Waals surface area contributed by atoms with Gasteiger partial charge in [-0.05, 0) is 5.92 Å². The van der Waals surface area contributed by atoms with Crippen molar-refractivity contribution in [1.82, 2.24) is 11.0 Å². The summed E-state index contributed by atoms with van der Waals surface area (Å²) in [5, 5.41) is 9.47. The predicted molar refractivity (Wildman–Crippen MR) is 29.3 cm³/mol. The second kappa shape index (κ2) is 4.05. The summed E-state index contributed by atoms with van der Waals surface area (Å²) in [6, 6.07) is 0. The fourth-order valence-electron chi connectivity index (χ4n) is 0.246. The molecule has 44 valence electrons. The van der Waals surface area contributed by atoms with Crippen molar-refractivity contribution in [3.8, 4) is 0 Å². The van der Waals surface area contributed by atoms with Crippen molar-refractivity contribution in [3.63, 3.8) is 0 Å². The summed E-state index contributed by atoms with van der Waals surface area (Å²) in [7, 11) is 0. The molecule has 0 spiro atoms. The molecule has 3 nitrogen and oxygen atoms in total. The molecule has 0 aliphatic rings. The zero-order chi connectivity index (χ0) is 5.70. The molecule has 2 N–H and O–H groups in total. The minimum Gasteiger partial charge on any atom is -0.774 e. The topological polar surface area (TPSA) is 47.1 Å². The van der Waals surface area contributed by atoms with Gasteiger partial charge in [-0.1, -0.05) is 13.8 Å². The summed E-state index contributed by atoms with van der Waals surface area (Å²) in [4.78, 5) is 0. The van der Waals surface area contributed by atoms with Crippen LogP contribution in [0.15, 0.2) is 0 Å². The third-order valence-corrected chi connectivity index (χ3v) is 0.582. The van der Waals surface area contributed by atoms with E-state index in [9.17, 15) is 5.21 Å². The van der Waals surface area contributed by atoms with Crippen molar-refractivity contribution in [2.75, 3.05) is 6.54 Å². The van der Waals surface area contributed by atoms with Gasteiger partial charge in [-0.25, -0.2) is 0 Å². The highest BCUT2D eigenvalue weighted by Gasteiger charge is 1.85. The van der Waals surface area contributed by atoms with E-state index in [1.807, 2.05) is 13.8 Å². The minimum absolute atomic E-state index is 0.529. The Morgan fingerprint density at radius 1 is 1.57 bits per heavy atom. The summed E-state index contributed by atoms with van der Waals surface area (Å²) < 4.78 is 0. The average Bonchev–Trinajstić information content (AvgIpc) is 1.61. The van der Waals surface area contributed by atoms with Crippen LogP contribution in [0.3, 0.4) is 0 Å². The van der Waals surface area contributed by atoms with Crippen LogP contribution in [0.25, 0.3) is 0 Å². The summed E-state index contributed by atoms with van der Waals surface area (Å²) >= 11 is 0. The van der Waals surface area contributed by atoms with Crippen molar-refractivity contribution in [2.24, 2.45) is 5.92 Å². The Kier molecular flexibility index (Phi) is 3.98. The lowest BCUT2D eigenvalue weighted by atomic mass is 10.2. The van der Waals surface area contributed by atoms with Gasteiger partial charge in [0, 0.05) is 6.54 Å². The summed E-state index contributed by atoms with van der Waals surface area (Å²) in [6.07, 6.45) is 0. The van der Waals surface area contributed by atoms with Crippen LogP contribution in [0, 0.1) is 11.1 Å². The van der Waals surface area contributed by atoms with Crippen molar-refractivity contribution >= 4 is 0 Å². The predicted octanol–water partition coefficient (Wildman–Crippen LogP) is 0.234. The van der Waals surface area contributed by atoms with Gasteiger partial charge in [0.1, 0.15) is 0 Å². The fourth-order valence-corrected chi connectivity index (χ4v) is 0.246. The average molecular weight is 103 g/mol. The molecule has 0 bridgehead atoms. The molecule has 0 atom stereocenters. The Balaban J connectivity index is 2.68. The molecule has 7 heavy (non-hydrogen) atoms. The molecule has 0 saturated carbocycles. The Morgan fingerprint density at radius 2 is 2.14 bits per heavy atom. The standard InChI is InChI=1S/C4H11N2O/c1-4(2)3-5-6-7/h4-6H,3H2,1-2H3/q-1. The van der Waals surface area contributed by atoms with Crippen molar-refractivity contribution in [2.45, 2.75) is 13.8 Å². The monoisotopic (exact) mass is 103 g/mol. The molecule has 0 fully saturated rings. The Bertz CT molecular complexity index is 38.7. The first-order chi connectivity index (χ1) is 3.27. The molecule has 0 aromatic rings. The summed E-state index contributed by atoms with van der Waals surface area (Å²) in [5.41, 5.74) is 4.04. The van der Waals surface area contributed by atoms with Crippen LogP contribution >= 0.6 is 0 Å². The van der Waals surface area contributed by atoms with E-state index in [1.165, 1.54) is 0 Å². The van der Waals surface area contributed by atoms with Crippen molar-refractivity contribution in [3.05, 3.63) is 5.21 Å². The summed E-state index contributed by atoms with van der Waals surface area (Å²) in [6.45, 7) is 4.79. The smallest absolute Gasteiger partial charge is 0.0113 e. The van der Waals surface area contributed by atoms with E-state index in [0.717, 1.165) is 6.54 Å². The molecular formula is C4H11N2O-. The van der Waals surface area contributed by atoms with E-state index in [2.05, 4.69) is 5.43 Å². The van der Waals surface area contributed by atoms with Crippen LogP contribution in [0.2, 0.25) is 0 Å². The van der Waals surface area contributed by atoms with Crippen molar-refractivity contribution < 1.29 is 0 Å². The molecule has 0 rings (SSSR count). The van der Waals surface area contributed by atoms with Crippen LogP contribution in [-0.2, 0) is 0 Å². The van der Waals surface area contributed by atoms with Crippen LogP contribution in [0.5, 0.6) is 0 Å². The lowest BCUT2D eigenvalue weighted by Gasteiger charge is -2.10. The molecule has 3 heteroatoms. The largest absolute Gasteiger partial charge is 0.774 e. The van der Waals surface area contributed by atoms with Gasteiger partial charge in [0.2, 0.25) is 0 Å². The molecule has 0 aromatic heterocycles. The van der Waals surface area contributed by atoms with Gasteiger partial charge in [0.05, 0.1) is 0 Å². The number of hydrogen-bond acceptors (Lipinski definition) is 3. The van der Waals surface area contributed by atoms with E-state index in [1.54, 1.807) is 5.59 Å². The summed E-state index contributed by atoms with van der Waals surface area (Å²) in [5.74, 6) is 0.529. The van der Waals surface area contributed by atoms with E-state index in [0.29, 0.717) is 5.92 Å². The zero-order valence-corrected chi connectivity index (χ0v) is 4.69. The maximum absolute atomic E-state index is 9.47. The normalized spacial score (nSPS) is 10.3. The molecule has 0 amide bonds. The van der Waals surface area contributed by atoms with Gasteiger partial charge in [0.15, 0.2) is 0 Å². The molecule has 0 radical (unpaired) electrons. The quantitative estimate of drug-likeness (QED) is 0.503. The van der Waals surface area contributed by atoms with E-state index in [4.69, 9.17) is 0 Å². The molecule has 0 aliphatic carbocycles. The molecule has 0 aromatic carbocycles. The van der Waals surface area contributed by atoms with Gasteiger partial charge < -0.3 is 10.8 Å². The third-order valence-electron chi connectivity index (χ3n) is 0.582. The highest BCUT2D eigenvalue weighted by atomic mass is 16.5. The molecule has 0 aliphatic heterocycles. The molecule has 0 saturated heterocycles. The van der Waals surface area contributed by atoms with Crippen LogP contribution in [0.1, 0.15) is 13.8 Å². The number of rotatable bonds is 3. The maximum Gasteiger partial charge on any atom is 0.0113 e. The Labute approximate surface area is 43.7 Å². The molecular weight excluding hydrogens is 92.1 g/mol. The SMILES string of the molecule is CC(C)CNN[O-]. The van der Waals surface area contributed by atoms with Gasteiger partial charge in [-0.3, -0.25) is 5.43 Å². The second-order valence-electron chi connectivity index (χ2n) is 1.88. The van der Waals surface area contributed by atoms with Gasteiger partial charge in [0.25, 0.3) is 0 Å². The maximum atomic E-state index is 9.47. The van der Waals surface area contributed by atoms with Gasteiger partial charge in [-0.2, -0.15) is 0 Å². The van der Waals surface area contributed by atoms with E-state index < -0.39 is 0 Å². The molecule has 0 heterocycles. The lowest BCUT2D eigenvalue weighted by Crippen LogP contribution is -2.29. The Morgan fingerprint density at radius 3 is 2.29 bits per heavy atom. The first-order valence-corrected chi connectivity index (χ1v) is 2.37. The van der Waals surface area contributed by atoms with Crippen LogP contribution < -0.4 is 11.0 Å². The van der Waals surface area contributed by atoms with Gasteiger partial charge in [-0.15, -0.1) is 0 Å². The first kappa shape index (κ1) is 6.88. The van der Waals surface area contributed by atoms with E-state index >= 15 is 0 Å². The van der Waals surface area contributed by atoms with Crippen LogP contribution in [0.4, 0.5) is 0 Å².